The van der Waals surface area contributed by atoms with E-state index in [-0.39, 0.29) is 11.4 Å². The van der Waals surface area contributed by atoms with Crippen LogP contribution in [-0.4, -0.2) is 28.6 Å². The van der Waals surface area contributed by atoms with Crippen molar-refractivity contribution in [1.29, 1.82) is 0 Å². The van der Waals surface area contributed by atoms with Gasteiger partial charge in [-0.1, -0.05) is 41.9 Å². The number of alkyl halides is 6. The number of hydrogen-bond acceptors (Lipinski definition) is 4. The van der Waals surface area contributed by atoms with Crippen LogP contribution in [0, 0.1) is 0 Å². The number of rotatable bonds is 3. The fraction of sp³-hybridized carbons (Fsp3) is 0.188. The molecule has 2 heterocycles. The minimum Gasteiger partial charge on any atom is -0.329 e. The van der Waals surface area contributed by atoms with Crippen LogP contribution in [0.2, 0.25) is 5.02 Å². The molecule has 2 aromatic rings. The van der Waals surface area contributed by atoms with Crippen LogP contribution in [0.5, 0.6) is 0 Å². The van der Waals surface area contributed by atoms with Crippen molar-refractivity contribution in [3.8, 4) is 0 Å². The molecule has 0 saturated carbocycles. The quantitative estimate of drug-likeness (QED) is 0.735. The number of hydrogen-bond donors (Lipinski definition) is 2. The van der Waals surface area contributed by atoms with Crippen LogP contribution < -0.4 is 10.6 Å². The number of amides is 1. The molecular formula is C16H9ClF6N4O. The van der Waals surface area contributed by atoms with Gasteiger partial charge >= 0.3 is 18.0 Å². The first kappa shape index (κ1) is 19.9. The number of anilines is 1. The number of nitrogens with zero attached hydrogens (tertiary/aromatic N) is 2. The molecule has 1 amide bonds. The van der Waals surface area contributed by atoms with Gasteiger partial charge in [0, 0.05) is 11.8 Å². The Kier molecular flexibility index (Phi) is 4.74. The van der Waals surface area contributed by atoms with Gasteiger partial charge in [-0.25, -0.2) is 9.98 Å². The number of halogens is 7. The maximum atomic E-state index is 13.8. The number of aromatic nitrogens is 1. The third-order valence-electron chi connectivity index (χ3n) is 3.77. The van der Waals surface area contributed by atoms with E-state index in [0.29, 0.717) is 12.3 Å². The lowest BCUT2D eigenvalue weighted by Crippen LogP contribution is -2.57. The summed E-state index contributed by atoms with van der Waals surface area (Å²) < 4.78 is 79.3. The van der Waals surface area contributed by atoms with Crippen LogP contribution in [0.4, 0.5) is 32.2 Å². The third-order valence-corrected chi connectivity index (χ3v) is 4.05. The van der Waals surface area contributed by atoms with Gasteiger partial charge in [-0.15, -0.1) is 0 Å². The second-order valence-electron chi connectivity index (χ2n) is 5.67. The van der Waals surface area contributed by atoms with Gasteiger partial charge in [-0.05, 0) is 6.07 Å². The average molecular weight is 423 g/mol. The topological polar surface area (TPSA) is 66.4 Å². The van der Waals surface area contributed by atoms with Gasteiger partial charge in [0.15, 0.2) is 0 Å². The van der Waals surface area contributed by atoms with Crippen LogP contribution in [0.15, 0.2) is 47.6 Å². The SMILES string of the molecule is O=C1NC(c2ccccc2)=NC1(Nc1ncc(C(F)(F)F)cc1Cl)C(F)(F)F. The molecule has 0 radical (unpaired) electrons. The van der Waals surface area contributed by atoms with Crippen LogP contribution in [0.3, 0.4) is 0 Å². The summed E-state index contributed by atoms with van der Waals surface area (Å²) in [5.41, 5.74) is -4.56. The van der Waals surface area contributed by atoms with Crippen molar-refractivity contribution >= 4 is 29.2 Å². The van der Waals surface area contributed by atoms with Gasteiger partial charge < -0.3 is 10.6 Å². The summed E-state index contributed by atoms with van der Waals surface area (Å²) in [6.45, 7) is 0. The highest BCUT2D eigenvalue weighted by Crippen LogP contribution is 2.40. The minimum atomic E-state index is -5.25. The molecule has 1 aromatic carbocycles. The van der Waals surface area contributed by atoms with E-state index >= 15 is 0 Å². The molecule has 0 saturated heterocycles. The van der Waals surface area contributed by atoms with Crippen molar-refractivity contribution in [3.63, 3.8) is 0 Å². The van der Waals surface area contributed by atoms with Gasteiger partial charge in [-0.2, -0.15) is 26.3 Å². The molecular weight excluding hydrogens is 414 g/mol. The lowest BCUT2D eigenvalue weighted by Gasteiger charge is -2.28. The Balaban J connectivity index is 2.05. The Bertz CT molecular complexity index is 944. The molecule has 0 aliphatic carbocycles. The Labute approximate surface area is 158 Å². The molecule has 1 aliphatic rings. The van der Waals surface area contributed by atoms with E-state index in [9.17, 15) is 31.1 Å². The van der Waals surface area contributed by atoms with Crippen molar-refractivity contribution in [1.82, 2.24) is 10.3 Å². The molecule has 0 spiro atoms. The number of aliphatic imine (C=N–C) groups is 1. The maximum absolute atomic E-state index is 13.8. The van der Waals surface area contributed by atoms with Crippen LogP contribution >= 0.6 is 11.6 Å². The van der Waals surface area contributed by atoms with Crippen molar-refractivity contribution < 1.29 is 31.1 Å². The first-order valence-corrected chi connectivity index (χ1v) is 7.86. The summed E-state index contributed by atoms with van der Waals surface area (Å²) in [4.78, 5) is 18.9. The van der Waals surface area contributed by atoms with Gasteiger partial charge in [0.05, 0.1) is 10.6 Å². The largest absolute Gasteiger partial charge is 0.442 e. The first-order chi connectivity index (χ1) is 12.9. The molecule has 0 bridgehead atoms. The molecule has 1 atom stereocenters. The number of carbonyl (C=O) groups excluding carboxylic acids is 1. The molecule has 1 aromatic heterocycles. The summed E-state index contributed by atoms with van der Waals surface area (Å²) in [5, 5.41) is 3.02. The van der Waals surface area contributed by atoms with Gasteiger partial charge in [-0.3, -0.25) is 4.79 Å². The second-order valence-corrected chi connectivity index (χ2v) is 6.07. The monoisotopic (exact) mass is 422 g/mol. The zero-order valence-electron chi connectivity index (χ0n) is 13.5. The number of benzene rings is 1. The second kappa shape index (κ2) is 6.66. The molecule has 2 N–H and O–H groups in total. The lowest BCUT2D eigenvalue weighted by atomic mass is 10.1. The smallest absolute Gasteiger partial charge is 0.329 e. The number of amidine groups is 1. The Morgan fingerprint density at radius 1 is 1.07 bits per heavy atom. The van der Waals surface area contributed by atoms with Gasteiger partial charge in [0.1, 0.15) is 11.7 Å². The molecule has 5 nitrogen and oxygen atoms in total. The molecule has 1 unspecified atom stereocenters. The van der Waals surface area contributed by atoms with E-state index in [2.05, 4.69) is 9.98 Å². The van der Waals surface area contributed by atoms with E-state index in [4.69, 9.17) is 11.6 Å². The summed E-state index contributed by atoms with van der Waals surface area (Å²) in [7, 11) is 0. The number of carbonyl (C=O) groups is 1. The molecule has 1 aliphatic heterocycles. The number of pyridine rings is 1. The van der Waals surface area contributed by atoms with E-state index in [1.165, 1.54) is 24.3 Å². The highest BCUT2D eigenvalue weighted by atomic mass is 35.5. The predicted molar refractivity (Wildman–Crippen MR) is 87.8 cm³/mol. The third kappa shape index (κ3) is 3.49. The van der Waals surface area contributed by atoms with Gasteiger partial charge in [0.2, 0.25) is 0 Å². The van der Waals surface area contributed by atoms with E-state index in [1.54, 1.807) is 11.4 Å². The summed E-state index contributed by atoms with van der Waals surface area (Å²) >= 11 is 5.65. The van der Waals surface area contributed by atoms with E-state index in [0.717, 1.165) is 0 Å². The highest BCUT2D eigenvalue weighted by Gasteiger charge is 2.64. The van der Waals surface area contributed by atoms with Crippen molar-refractivity contribution in [2.24, 2.45) is 4.99 Å². The highest BCUT2D eigenvalue weighted by molar-refractivity contribution is 6.33. The predicted octanol–water partition coefficient (Wildman–Crippen LogP) is 4.00. The maximum Gasteiger partial charge on any atom is 0.442 e. The van der Waals surface area contributed by atoms with E-state index < -0.39 is 40.3 Å². The minimum absolute atomic E-state index is 0.204. The molecule has 3 rings (SSSR count). The average Bonchev–Trinajstić information content (AvgIpc) is 2.94. The van der Waals surface area contributed by atoms with Crippen LogP contribution in [0.1, 0.15) is 11.1 Å². The van der Waals surface area contributed by atoms with Gasteiger partial charge in [0.25, 0.3) is 5.91 Å². The molecule has 0 fully saturated rings. The van der Waals surface area contributed by atoms with Crippen LogP contribution in [-0.2, 0) is 11.0 Å². The van der Waals surface area contributed by atoms with Crippen molar-refractivity contribution in [3.05, 3.63) is 58.7 Å². The fourth-order valence-electron chi connectivity index (χ4n) is 2.38. The van der Waals surface area contributed by atoms with Crippen molar-refractivity contribution in [2.45, 2.75) is 18.0 Å². The Morgan fingerprint density at radius 2 is 1.71 bits per heavy atom. The first-order valence-electron chi connectivity index (χ1n) is 7.48. The van der Waals surface area contributed by atoms with E-state index in [1.807, 2.05) is 5.32 Å². The Morgan fingerprint density at radius 3 is 2.25 bits per heavy atom. The van der Waals surface area contributed by atoms with Crippen LogP contribution in [0.25, 0.3) is 0 Å². The fourth-order valence-corrected chi connectivity index (χ4v) is 2.59. The zero-order chi connectivity index (χ0) is 20.7. The normalized spacial score (nSPS) is 20.0. The lowest BCUT2D eigenvalue weighted by molar-refractivity contribution is -0.181. The summed E-state index contributed by atoms with van der Waals surface area (Å²) in [6, 6.07) is 7.92. The Hall–Kier alpha value is -2.82. The molecule has 12 heteroatoms. The standard InChI is InChI=1S/C16H9ClF6N4O/c17-10-6-9(15(18,19)20)7-24-12(10)27-14(16(21,22)23)13(28)25-11(26-14)8-4-2-1-3-5-8/h1-7H,(H,24,27)(H,25,26,28). The summed E-state index contributed by atoms with van der Waals surface area (Å²) in [6.07, 6.45) is -9.74. The van der Waals surface area contributed by atoms with Crippen molar-refractivity contribution in [2.75, 3.05) is 5.32 Å². The number of nitrogens with one attached hydrogen (secondary N) is 2. The molecule has 148 valence electrons. The zero-order valence-corrected chi connectivity index (χ0v) is 14.2. The summed E-state index contributed by atoms with van der Waals surface area (Å²) in [5.74, 6) is -2.71. The molecule has 28 heavy (non-hydrogen) atoms.